The summed E-state index contributed by atoms with van der Waals surface area (Å²) in [5, 5.41) is 3.01. The Bertz CT molecular complexity index is 1230. The van der Waals surface area contributed by atoms with Gasteiger partial charge in [-0.1, -0.05) is 41.9 Å². The van der Waals surface area contributed by atoms with Crippen LogP contribution < -0.4 is 11.3 Å². The Kier molecular flexibility index (Phi) is 4.51. The third kappa shape index (κ3) is 3.37. The minimum atomic E-state index is -0.489. The molecule has 0 aliphatic rings. The fourth-order valence-corrected chi connectivity index (χ4v) is 4.18. The van der Waals surface area contributed by atoms with Gasteiger partial charge in [-0.15, -0.1) is 11.3 Å². The lowest BCUT2D eigenvalue weighted by Gasteiger charge is -2.05. The summed E-state index contributed by atoms with van der Waals surface area (Å²) < 4.78 is 0. The molecule has 0 aliphatic heterocycles. The lowest BCUT2D eigenvalue weighted by Crippen LogP contribution is -2.13. The molecule has 0 bridgehead atoms. The van der Waals surface area contributed by atoms with Gasteiger partial charge in [0.25, 0.3) is 5.56 Å². The van der Waals surface area contributed by atoms with E-state index < -0.39 is 5.91 Å². The van der Waals surface area contributed by atoms with Gasteiger partial charge < -0.3 is 10.7 Å². The highest BCUT2D eigenvalue weighted by atomic mass is 35.5. The summed E-state index contributed by atoms with van der Waals surface area (Å²) in [4.78, 5) is 32.1. The molecule has 0 spiro atoms. The monoisotopic (exact) mass is 395 g/mol. The predicted octanol–water partition coefficient (Wildman–Crippen LogP) is 3.99. The quantitative estimate of drug-likeness (QED) is 0.547. The zero-order chi connectivity index (χ0) is 19.0. The number of aromatic amines is 1. The fraction of sp³-hybridized carbons (Fsp3) is 0.0500. The maximum Gasteiger partial charge on any atom is 0.260 e. The molecule has 1 amide bonds. The van der Waals surface area contributed by atoms with Crippen LogP contribution in [0.4, 0.5) is 0 Å². The SMILES string of the molecule is NC(=O)c1cccc(Cc2nc3scc(-c4ccccc4Cl)c3c(=O)[nH]2)c1. The largest absolute Gasteiger partial charge is 0.366 e. The van der Waals surface area contributed by atoms with Gasteiger partial charge in [0, 0.05) is 33.5 Å². The summed E-state index contributed by atoms with van der Waals surface area (Å²) in [6, 6.07) is 14.4. The minimum Gasteiger partial charge on any atom is -0.366 e. The van der Waals surface area contributed by atoms with Crippen LogP contribution in [-0.2, 0) is 6.42 Å². The molecule has 0 saturated carbocycles. The highest BCUT2D eigenvalue weighted by Gasteiger charge is 2.15. The first kappa shape index (κ1) is 17.5. The van der Waals surface area contributed by atoms with Gasteiger partial charge in [-0.25, -0.2) is 4.98 Å². The molecule has 4 rings (SSSR count). The number of primary amides is 1. The van der Waals surface area contributed by atoms with Crippen molar-refractivity contribution in [2.45, 2.75) is 6.42 Å². The van der Waals surface area contributed by atoms with Crippen LogP contribution in [0.3, 0.4) is 0 Å². The minimum absolute atomic E-state index is 0.211. The number of H-pyrrole nitrogens is 1. The zero-order valence-electron chi connectivity index (χ0n) is 14.0. The molecule has 27 heavy (non-hydrogen) atoms. The third-order valence-corrected chi connectivity index (χ3v) is 5.44. The van der Waals surface area contributed by atoms with Crippen molar-refractivity contribution >= 4 is 39.1 Å². The first-order valence-corrected chi connectivity index (χ1v) is 9.43. The van der Waals surface area contributed by atoms with E-state index >= 15 is 0 Å². The van der Waals surface area contributed by atoms with Crippen LogP contribution >= 0.6 is 22.9 Å². The van der Waals surface area contributed by atoms with Gasteiger partial charge in [-0.2, -0.15) is 0 Å². The number of benzene rings is 2. The van der Waals surface area contributed by atoms with Crippen LogP contribution in [-0.4, -0.2) is 15.9 Å². The maximum absolute atomic E-state index is 12.7. The number of halogens is 1. The highest BCUT2D eigenvalue weighted by Crippen LogP contribution is 2.34. The normalized spacial score (nSPS) is 11.0. The van der Waals surface area contributed by atoms with Crippen LogP contribution in [0.2, 0.25) is 5.02 Å². The Labute approximate surface area is 163 Å². The molecule has 0 fully saturated rings. The molecule has 0 atom stereocenters. The molecule has 0 saturated heterocycles. The molecular weight excluding hydrogens is 382 g/mol. The average molecular weight is 396 g/mol. The Morgan fingerprint density at radius 3 is 2.74 bits per heavy atom. The van der Waals surface area contributed by atoms with Crippen LogP contribution in [0.15, 0.2) is 58.7 Å². The molecule has 5 nitrogen and oxygen atoms in total. The Morgan fingerprint density at radius 1 is 1.15 bits per heavy atom. The molecule has 3 N–H and O–H groups in total. The molecule has 2 aromatic carbocycles. The predicted molar refractivity (Wildman–Crippen MR) is 108 cm³/mol. The van der Waals surface area contributed by atoms with Gasteiger partial charge in [-0.3, -0.25) is 9.59 Å². The fourth-order valence-electron chi connectivity index (χ4n) is 2.98. The van der Waals surface area contributed by atoms with Crippen molar-refractivity contribution < 1.29 is 4.79 Å². The van der Waals surface area contributed by atoms with E-state index in [9.17, 15) is 9.59 Å². The molecule has 0 radical (unpaired) electrons. The van der Waals surface area contributed by atoms with Crippen molar-refractivity contribution in [2.24, 2.45) is 5.73 Å². The summed E-state index contributed by atoms with van der Waals surface area (Å²) in [6.45, 7) is 0. The number of nitrogens with one attached hydrogen (secondary N) is 1. The van der Waals surface area contributed by atoms with E-state index in [0.717, 1.165) is 16.7 Å². The lowest BCUT2D eigenvalue weighted by molar-refractivity contribution is 0.1000. The van der Waals surface area contributed by atoms with Crippen molar-refractivity contribution in [2.75, 3.05) is 0 Å². The first-order valence-electron chi connectivity index (χ1n) is 8.17. The molecule has 0 unspecified atom stereocenters. The number of thiophene rings is 1. The molecule has 134 valence electrons. The summed E-state index contributed by atoms with van der Waals surface area (Å²) in [5.74, 6) is 0.0399. The number of carbonyl (C=O) groups excluding carboxylic acids is 1. The van der Waals surface area contributed by atoms with Gasteiger partial charge >= 0.3 is 0 Å². The van der Waals surface area contributed by atoms with Crippen molar-refractivity contribution in [1.82, 2.24) is 9.97 Å². The van der Waals surface area contributed by atoms with Gasteiger partial charge in [0.15, 0.2) is 0 Å². The van der Waals surface area contributed by atoms with Crippen molar-refractivity contribution in [1.29, 1.82) is 0 Å². The second-order valence-corrected chi connectivity index (χ2v) is 7.33. The number of carbonyl (C=O) groups is 1. The average Bonchev–Trinajstić information content (AvgIpc) is 3.06. The molecular formula is C20H14ClN3O2S. The molecule has 0 aliphatic carbocycles. The molecule has 4 aromatic rings. The van der Waals surface area contributed by atoms with E-state index in [1.807, 2.05) is 29.6 Å². The van der Waals surface area contributed by atoms with Crippen LogP contribution in [0.5, 0.6) is 0 Å². The third-order valence-electron chi connectivity index (χ3n) is 4.24. The van der Waals surface area contributed by atoms with E-state index in [0.29, 0.717) is 33.0 Å². The van der Waals surface area contributed by atoms with E-state index in [2.05, 4.69) is 9.97 Å². The van der Waals surface area contributed by atoms with Gasteiger partial charge in [0.2, 0.25) is 5.91 Å². The summed E-state index contributed by atoms with van der Waals surface area (Å²) in [6.07, 6.45) is 0.394. The van der Waals surface area contributed by atoms with Gasteiger partial charge in [-0.05, 0) is 23.8 Å². The lowest BCUT2D eigenvalue weighted by atomic mass is 10.1. The second-order valence-electron chi connectivity index (χ2n) is 6.06. The first-order chi connectivity index (χ1) is 13.0. The number of nitrogens with zero attached hydrogens (tertiary/aromatic N) is 1. The number of hydrogen-bond acceptors (Lipinski definition) is 4. The Balaban J connectivity index is 1.76. The number of aromatic nitrogens is 2. The topological polar surface area (TPSA) is 88.8 Å². The van der Waals surface area contributed by atoms with Crippen molar-refractivity contribution in [3.05, 3.63) is 86.2 Å². The van der Waals surface area contributed by atoms with Crippen LogP contribution in [0.1, 0.15) is 21.7 Å². The Hall–Kier alpha value is -2.96. The van der Waals surface area contributed by atoms with E-state index in [-0.39, 0.29) is 5.56 Å². The van der Waals surface area contributed by atoms with E-state index in [1.54, 1.807) is 24.3 Å². The summed E-state index contributed by atoms with van der Waals surface area (Å²) in [5.41, 5.74) is 7.96. The zero-order valence-corrected chi connectivity index (χ0v) is 15.6. The number of fused-ring (bicyclic) bond motifs is 1. The second kappa shape index (κ2) is 6.98. The summed E-state index contributed by atoms with van der Waals surface area (Å²) >= 11 is 7.68. The number of nitrogens with two attached hydrogens (primary N) is 1. The standard InChI is InChI=1S/C20H14ClN3O2S/c21-15-7-2-1-6-13(15)14-10-27-20-17(14)19(26)23-16(24-20)9-11-4-3-5-12(8-11)18(22)25/h1-8,10H,9H2,(H2,22,25)(H,23,24,26). The number of rotatable bonds is 4. The van der Waals surface area contributed by atoms with Crippen molar-refractivity contribution in [3.8, 4) is 11.1 Å². The van der Waals surface area contributed by atoms with Gasteiger partial charge in [0.1, 0.15) is 10.7 Å². The van der Waals surface area contributed by atoms with Gasteiger partial charge in [0.05, 0.1) is 5.39 Å². The maximum atomic E-state index is 12.7. The van der Waals surface area contributed by atoms with Crippen LogP contribution in [0, 0.1) is 0 Å². The van der Waals surface area contributed by atoms with Crippen LogP contribution in [0.25, 0.3) is 21.3 Å². The highest BCUT2D eigenvalue weighted by molar-refractivity contribution is 7.17. The Morgan fingerprint density at radius 2 is 1.96 bits per heavy atom. The van der Waals surface area contributed by atoms with E-state index in [1.165, 1.54) is 11.3 Å². The number of hydrogen-bond donors (Lipinski definition) is 2. The molecule has 2 heterocycles. The number of amides is 1. The smallest absolute Gasteiger partial charge is 0.260 e. The summed E-state index contributed by atoms with van der Waals surface area (Å²) in [7, 11) is 0. The van der Waals surface area contributed by atoms with Crippen molar-refractivity contribution in [3.63, 3.8) is 0 Å². The molecule has 2 aromatic heterocycles. The molecule has 7 heteroatoms. The van der Waals surface area contributed by atoms with E-state index in [4.69, 9.17) is 17.3 Å².